The van der Waals surface area contributed by atoms with E-state index in [0.717, 1.165) is 42.1 Å². The molecule has 1 N–H and O–H groups in total. The average molecular weight is 444 g/mol. The molecule has 1 aliphatic rings. The number of anilines is 1. The van der Waals surface area contributed by atoms with E-state index < -0.39 is 0 Å². The Morgan fingerprint density at radius 2 is 1.76 bits per heavy atom. The Kier molecular flexibility index (Phi) is 7.28. The third-order valence-electron chi connectivity index (χ3n) is 6.59. The number of unbranched alkanes of at least 4 members (excludes halogenated alkanes) is 2. The number of rotatable bonds is 7. The summed E-state index contributed by atoms with van der Waals surface area (Å²) < 4.78 is 0. The molecule has 0 fully saturated rings. The van der Waals surface area contributed by atoms with Crippen LogP contribution in [0.5, 0.6) is 0 Å². The van der Waals surface area contributed by atoms with Crippen LogP contribution < -0.4 is 5.32 Å². The van der Waals surface area contributed by atoms with Crippen molar-refractivity contribution in [3.63, 3.8) is 0 Å². The number of nitrogens with zero attached hydrogens (tertiary/aromatic N) is 2. The van der Waals surface area contributed by atoms with E-state index in [1.165, 1.54) is 11.1 Å². The van der Waals surface area contributed by atoms with E-state index >= 15 is 0 Å². The first kappa shape index (κ1) is 22.8. The van der Waals surface area contributed by atoms with Crippen LogP contribution in [0.15, 0.2) is 66.7 Å². The molecule has 5 heteroatoms. The second kappa shape index (κ2) is 10.5. The van der Waals surface area contributed by atoms with Gasteiger partial charge in [0.05, 0.1) is 11.7 Å². The Labute approximate surface area is 196 Å². The molecule has 5 nitrogen and oxygen atoms in total. The zero-order valence-corrected chi connectivity index (χ0v) is 19.6. The number of carbonyl (C=O) groups is 2. The molecule has 0 saturated carbocycles. The number of carbonyl (C=O) groups excluding carboxylic acids is 2. The molecular formula is C28H33N3O2. The van der Waals surface area contributed by atoms with E-state index in [1.54, 1.807) is 4.90 Å². The van der Waals surface area contributed by atoms with Gasteiger partial charge in [-0.2, -0.15) is 0 Å². The smallest absolute Gasteiger partial charge is 0.322 e. The van der Waals surface area contributed by atoms with Crippen LogP contribution in [-0.2, 0) is 11.2 Å². The predicted octanol–water partition coefficient (Wildman–Crippen LogP) is 6.01. The Morgan fingerprint density at radius 1 is 1.00 bits per heavy atom. The van der Waals surface area contributed by atoms with Gasteiger partial charge in [-0.05, 0) is 42.3 Å². The number of amides is 3. The first-order valence-corrected chi connectivity index (χ1v) is 12.0. The number of fused-ring (bicyclic) bond motifs is 2. The van der Waals surface area contributed by atoms with Crippen LogP contribution in [0, 0.1) is 0 Å². The van der Waals surface area contributed by atoms with Gasteiger partial charge in [0.25, 0.3) is 0 Å². The molecule has 3 aromatic rings. The monoisotopic (exact) mass is 443 g/mol. The molecule has 4 rings (SSSR count). The van der Waals surface area contributed by atoms with Gasteiger partial charge in [-0.25, -0.2) is 4.79 Å². The maximum Gasteiger partial charge on any atom is 0.322 e. The largest absolute Gasteiger partial charge is 0.334 e. The average Bonchev–Trinajstić information content (AvgIpc) is 2.84. The molecule has 172 valence electrons. The Bertz CT molecular complexity index is 1120. The first-order valence-electron chi connectivity index (χ1n) is 12.0. The van der Waals surface area contributed by atoms with E-state index in [1.807, 2.05) is 53.4 Å². The van der Waals surface area contributed by atoms with Crippen LogP contribution in [-0.4, -0.2) is 41.4 Å². The highest BCUT2D eigenvalue weighted by Gasteiger charge is 2.29. The summed E-state index contributed by atoms with van der Waals surface area (Å²) in [6.45, 7) is 5.55. The van der Waals surface area contributed by atoms with Crippen molar-refractivity contribution < 1.29 is 9.59 Å². The molecule has 0 aliphatic carbocycles. The highest BCUT2D eigenvalue weighted by atomic mass is 16.2. The van der Waals surface area contributed by atoms with Gasteiger partial charge in [-0.15, -0.1) is 0 Å². The Morgan fingerprint density at radius 3 is 2.61 bits per heavy atom. The summed E-state index contributed by atoms with van der Waals surface area (Å²) in [5, 5.41) is 5.13. The minimum atomic E-state index is -0.221. The van der Waals surface area contributed by atoms with Crippen LogP contribution in [0.25, 0.3) is 10.8 Å². The van der Waals surface area contributed by atoms with Gasteiger partial charge in [0.15, 0.2) is 0 Å². The fourth-order valence-corrected chi connectivity index (χ4v) is 4.70. The lowest BCUT2D eigenvalue weighted by molar-refractivity contribution is -0.134. The molecular weight excluding hydrogens is 410 g/mol. The Hall–Kier alpha value is -3.34. The number of benzene rings is 3. The molecule has 0 bridgehead atoms. The second-order valence-corrected chi connectivity index (χ2v) is 8.80. The second-order valence-electron chi connectivity index (χ2n) is 8.80. The van der Waals surface area contributed by atoms with Crippen LogP contribution >= 0.6 is 0 Å². The summed E-state index contributed by atoms with van der Waals surface area (Å²) in [4.78, 5) is 30.2. The zero-order chi connectivity index (χ0) is 23.2. The van der Waals surface area contributed by atoms with Crippen molar-refractivity contribution in [2.75, 3.05) is 25.0 Å². The highest BCUT2D eigenvalue weighted by Crippen LogP contribution is 2.29. The van der Waals surface area contributed by atoms with Crippen LogP contribution in [0.4, 0.5) is 10.5 Å². The molecule has 1 heterocycles. The summed E-state index contributed by atoms with van der Waals surface area (Å²) in [6.07, 6.45) is 3.82. The predicted molar refractivity (Wildman–Crippen MR) is 134 cm³/mol. The van der Waals surface area contributed by atoms with Gasteiger partial charge in [-0.1, -0.05) is 80.4 Å². The molecule has 0 saturated heterocycles. The molecule has 33 heavy (non-hydrogen) atoms. The third-order valence-corrected chi connectivity index (χ3v) is 6.59. The topological polar surface area (TPSA) is 52.7 Å². The van der Waals surface area contributed by atoms with Gasteiger partial charge < -0.3 is 15.1 Å². The molecule has 3 aromatic carbocycles. The van der Waals surface area contributed by atoms with Gasteiger partial charge in [0.1, 0.15) is 6.54 Å². The normalized spacial score (nSPS) is 15.2. The van der Waals surface area contributed by atoms with Gasteiger partial charge >= 0.3 is 6.03 Å². The third kappa shape index (κ3) is 5.19. The first-order chi connectivity index (χ1) is 16.1. The lowest BCUT2D eigenvalue weighted by Gasteiger charge is -2.36. The molecule has 0 spiro atoms. The number of nitrogens with one attached hydrogen (secondary N) is 1. The van der Waals surface area contributed by atoms with Gasteiger partial charge in [-0.3, -0.25) is 4.79 Å². The highest BCUT2D eigenvalue weighted by molar-refractivity contribution is 6.02. The van der Waals surface area contributed by atoms with Crippen LogP contribution in [0.3, 0.4) is 0 Å². The number of hydrogen-bond acceptors (Lipinski definition) is 2. The van der Waals surface area contributed by atoms with E-state index in [-0.39, 0.29) is 24.5 Å². The summed E-state index contributed by atoms with van der Waals surface area (Å²) in [6, 6.07) is 22.0. The van der Waals surface area contributed by atoms with E-state index in [0.29, 0.717) is 13.1 Å². The standard InChI is InChI=1S/C28H33N3O2/c1-3-4-9-18-30(28(33)29-26-16-10-13-22-11-6-8-15-25(22)26)20-27(32)31-19-17-23-12-5-7-14-24(23)21(31)2/h5-8,10-16,21H,3-4,9,17-20H2,1-2H3,(H,29,33). The van der Waals surface area contributed by atoms with E-state index in [4.69, 9.17) is 0 Å². The molecule has 1 unspecified atom stereocenters. The Balaban J connectivity index is 1.49. The van der Waals surface area contributed by atoms with Gasteiger partial charge in [0, 0.05) is 18.5 Å². The van der Waals surface area contributed by atoms with Crippen LogP contribution in [0.1, 0.15) is 50.3 Å². The van der Waals surface area contributed by atoms with Crippen molar-refractivity contribution >= 4 is 28.4 Å². The molecule has 1 atom stereocenters. The lowest BCUT2D eigenvalue weighted by Crippen LogP contribution is -2.47. The molecule has 0 aromatic heterocycles. The zero-order valence-electron chi connectivity index (χ0n) is 19.6. The maximum atomic E-state index is 13.3. The van der Waals surface area contributed by atoms with Crippen molar-refractivity contribution in [2.45, 2.75) is 45.6 Å². The van der Waals surface area contributed by atoms with Crippen LogP contribution in [0.2, 0.25) is 0 Å². The summed E-state index contributed by atoms with van der Waals surface area (Å²) in [5.74, 6) is 0.00145. The van der Waals surface area contributed by atoms with Crippen molar-refractivity contribution in [1.82, 2.24) is 9.80 Å². The fraction of sp³-hybridized carbons (Fsp3) is 0.357. The SMILES string of the molecule is CCCCCN(CC(=O)N1CCc2ccccc2C1C)C(=O)Nc1cccc2ccccc12. The fourth-order valence-electron chi connectivity index (χ4n) is 4.70. The number of hydrogen-bond donors (Lipinski definition) is 1. The molecule has 3 amide bonds. The summed E-state index contributed by atoms with van der Waals surface area (Å²) >= 11 is 0. The summed E-state index contributed by atoms with van der Waals surface area (Å²) in [7, 11) is 0. The summed E-state index contributed by atoms with van der Waals surface area (Å²) in [5.41, 5.74) is 3.28. The van der Waals surface area contributed by atoms with Crippen molar-refractivity contribution in [3.8, 4) is 0 Å². The van der Waals surface area contributed by atoms with Crippen molar-refractivity contribution in [3.05, 3.63) is 77.9 Å². The van der Waals surface area contributed by atoms with Crippen molar-refractivity contribution in [1.29, 1.82) is 0 Å². The number of urea groups is 1. The maximum absolute atomic E-state index is 13.3. The molecule has 1 aliphatic heterocycles. The van der Waals surface area contributed by atoms with Gasteiger partial charge in [0.2, 0.25) is 5.91 Å². The minimum Gasteiger partial charge on any atom is -0.334 e. The minimum absolute atomic E-state index is 0.00145. The van der Waals surface area contributed by atoms with E-state index in [9.17, 15) is 9.59 Å². The van der Waals surface area contributed by atoms with E-state index in [2.05, 4.69) is 37.4 Å². The molecule has 0 radical (unpaired) electrons. The van der Waals surface area contributed by atoms with Crippen molar-refractivity contribution in [2.24, 2.45) is 0 Å². The quantitative estimate of drug-likeness (QED) is 0.455. The lowest BCUT2D eigenvalue weighted by atomic mass is 9.93.